The number of aromatic nitrogens is 3. The van der Waals surface area contributed by atoms with Crippen LogP contribution in [0.1, 0.15) is 30.7 Å². The standard InChI is InChI=1S/C23H27FN4OS/c24-20-9-11-21(12-10-20)29-15-6-16-30-23-26-25-22(18-27-13-4-5-14-27)28(23)17-19-7-2-1-3-8-19/h1-3,7-12H,4-6,13-18H2. The van der Waals surface area contributed by atoms with E-state index in [1.165, 1.54) is 30.5 Å². The number of benzene rings is 2. The highest BCUT2D eigenvalue weighted by molar-refractivity contribution is 7.99. The van der Waals surface area contributed by atoms with Crippen LogP contribution in [0.4, 0.5) is 4.39 Å². The highest BCUT2D eigenvalue weighted by Crippen LogP contribution is 2.22. The van der Waals surface area contributed by atoms with Crippen molar-refractivity contribution < 1.29 is 9.13 Å². The minimum absolute atomic E-state index is 0.250. The number of ether oxygens (including phenoxy) is 1. The van der Waals surface area contributed by atoms with Crippen molar-refractivity contribution >= 4 is 11.8 Å². The SMILES string of the molecule is Fc1ccc(OCCCSc2nnc(CN3CCCC3)n2Cc2ccccc2)cc1. The van der Waals surface area contributed by atoms with Crippen LogP contribution >= 0.6 is 11.8 Å². The van der Waals surface area contributed by atoms with E-state index in [-0.39, 0.29) is 5.82 Å². The molecule has 1 aliphatic rings. The van der Waals surface area contributed by atoms with Gasteiger partial charge in [-0.15, -0.1) is 10.2 Å². The number of hydrogen-bond acceptors (Lipinski definition) is 5. The number of hydrogen-bond donors (Lipinski definition) is 0. The summed E-state index contributed by atoms with van der Waals surface area (Å²) in [7, 11) is 0. The lowest BCUT2D eigenvalue weighted by Gasteiger charge is -2.16. The van der Waals surface area contributed by atoms with Gasteiger partial charge in [0.05, 0.1) is 19.7 Å². The maximum absolute atomic E-state index is 13.0. The van der Waals surface area contributed by atoms with E-state index in [0.717, 1.165) is 49.3 Å². The van der Waals surface area contributed by atoms with Crippen molar-refractivity contribution in [1.29, 1.82) is 0 Å². The molecule has 0 spiro atoms. The zero-order valence-electron chi connectivity index (χ0n) is 17.0. The number of thioether (sulfide) groups is 1. The van der Waals surface area contributed by atoms with E-state index in [1.807, 2.05) is 6.07 Å². The van der Waals surface area contributed by atoms with Crippen molar-refractivity contribution in [3.63, 3.8) is 0 Å². The highest BCUT2D eigenvalue weighted by Gasteiger charge is 2.18. The van der Waals surface area contributed by atoms with E-state index < -0.39 is 0 Å². The molecular formula is C23H27FN4OS. The number of rotatable bonds is 10. The molecule has 158 valence electrons. The van der Waals surface area contributed by atoms with Gasteiger partial charge in [-0.05, 0) is 62.2 Å². The van der Waals surface area contributed by atoms with E-state index in [1.54, 1.807) is 23.9 Å². The Balaban J connectivity index is 1.35. The van der Waals surface area contributed by atoms with Gasteiger partial charge in [-0.3, -0.25) is 4.90 Å². The molecule has 0 amide bonds. The molecule has 0 atom stereocenters. The van der Waals surface area contributed by atoms with Crippen LogP contribution in [0, 0.1) is 5.82 Å². The molecule has 1 saturated heterocycles. The van der Waals surface area contributed by atoms with Crippen LogP contribution in [0.5, 0.6) is 5.75 Å². The third-order valence-corrected chi connectivity index (χ3v) is 6.20. The topological polar surface area (TPSA) is 43.2 Å². The van der Waals surface area contributed by atoms with E-state index in [2.05, 4.69) is 43.9 Å². The van der Waals surface area contributed by atoms with Gasteiger partial charge in [-0.2, -0.15) is 0 Å². The van der Waals surface area contributed by atoms with E-state index in [0.29, 0.717) is 12.4 Å². The molecule has 0 bridgehead atoms. The van der Waals surface area contributed by atoms with E-state index in [9.17, 15) is 4.39 Å². The Hall–Kier alpha value is -2.38. The highest BCUT2D eigenvalue weighted by atomic mass is 32.2. The summed E-state index contributed by atoms with van der Waals surface area (Å²) in [5.74, 6) is 2.37. The molecule has 7 heteroatoms. The van der Waals surface area contributed by atoms with Gasteiger partial charge < -0.3 is 9.30 Å². The first-order valence-corrected chi connectivity index (χ1v) is 11.5. The van der Waals surface area contributed by atoms with Crippen LogP contribution in [0.3, 0.4) is 0 Å². The molecule has 30 heavy (non-hydrogen) atoms. The molecule has 0 unspecified atom stereocenters. The molecule has 2 aromatic carbocycles. The second-order valence-corrected chi connectivity index (χ2v) is 8.52. The second kappa shape index (κ2) is 10.6. The van der Waals surface area contributed by atoms with Gasteiger partial charge in [0, 0.05) is 5.75 Å². The molecular weight excluding hydrogens is 399 g/mol. The first-order valence-electron chi connectivity index (χ1n) is 10.5. The molecule has 1 aliphatic heterocycles. The van der Waals surface area contributed by atoms with Gasteiger partial charge in [0.15, 0.2) is 5.16 Å². The predicted molar refractivity (Wildman–Crippen MR) is 117 cm³/mol. The Morgan fingerprint density at radius 3 is 2.47 bits per heavy atom. The molecule has 4 rings (SSSR count). The Bertz CT molecular complexity index is 911. The Morgan fingerprint density at radius 2 is 1.70 bits per heavy atom. The normalized spacial score (nSPS) is 14.3. The minimum Gasteiger partial charge on any atom is -0.494 e. The molecule has 5 nitrogen and oxygen atoms in total. The minimum atomic E-state index is -0.250. The summed E-state index contributed by atoms with van der Waals surface area (Å²) in [6, 6.07) is 16.6. The molecule has 0 radical (unpaired) electrons. The van der Waals surface area contributed by atoms with Crippen molar-refractivity contribution in [3.8, 4) is 5.75 Å². The molecule has 3 aromatic rings. The maximum atomic E-state index is 13.0. The molecule has 2 heterocycles. The van der Waals surface area contributed by atoms with Crippen molar-refractivity contribution in [2.45, 2.75) is 37.5 Å². The zero-order chi connectivity index (χ0) is 20.6. The molecule has 1 fully saturated rings. The van der Waals surface area contributed by atoms with Gasteiger partial charge >= 0.3 is 0 Å². The van der Waals surface area contributed by atoms with Gasteiger partial charge in [-0.1, -0.05) is 42.1 Å². The van der Waals surface area contributed by atoms with E-state index >= 15 is 0 Å². The third kappa shape index (κ3) is 5.83. The summed E-state index contributed by atoms with van der Waals surface area (Å²) in [5, 5.41) is 9.95. The molecule has 1 aromatic heterocycles. The Kier molecular flexibility index (Phi) is 7.37. The maximum Gasteiger partial charge on any atom is 0.191 e. The van der Waals surface area contributed by atoms with Crippen LogP contribution in [0.15, 0.2) is 59.8 Å². The monoisotopic (exact) mass is 426 g/mol. The summed E-state index contributed by atoms with van der Waals surface area (Å²) in [4.78, 5) is 2.45. The first kappa shape index (κ1) is 20.9. The Morgan fingerprint density at radius 1 is 0.933 bits per heavy atom. The van der Waals surface area contributed by atoms with Gasteiger partial charge in [0.2, 0.25) is 0 Å². The van der Waals surface area contributed by atoms with Crippen molar-refractivity contribution in [3.05, 3.63) is 71.8 Å². The lowest BCUT2D eigenvalue weighted by Crippen LogP contribution is -2.21. The second-order valence-electron chi connectivity index (χ2n) is 7.46. The summed E-state index contributed by atoms with van der Waals surface area (Å²) in [5.41, 5.74) is 1.25. The first-order chi connectivity index (χ1) is 14.8. The van der Waals surface area contributed by atoms with Crippen LogP contribution in [-0.4, -0.2) is 45.1 Å². The number of halogens is 1. The van der Waals surface area contributed by atoms with Gasteiger partial charge in [0.25, 0.3) is 0 Å². The largest absolute Gasteiger partial charge is 0.494 e. The average molecular weight is 427 g/mol. The fourth-order valence-electron chi connectivity index (χ4n) is 3.55. The average Bonchev–Trinajstić information content (AvgIpc) is 3.41. The van der Waals surface area contributed by atoms with Gasteiger partial charge in [-0.25, -0.2) is 4.39 Å². The van der Waals surface area contributed by atoms with Crippen LogP contribution in [0.2, 0.25) is 0 Å². The van der Waals surface area contributed by atoms with Crippen molar-refractivity contribution in [2.75, 3.05) is 25.4 Å². The van der Waals surface area contributed by atoms with Crippen LogP contribution < -0.4 is 4.74 Å². The lowest BCUT2D eigenvalue weighted by atomic mass is 10.2. The fraction of sp³-hybridized carbons (Fsp3) is 0.391. The zero-order valence-corrected chi connectivity index (χ0v) is 17.9. The predicted octanol–water partition coefficient (Wildman–Crippen LogP) is 4.62. The summed E-state index contributed by atoms with van der Waals surface area (Å²) >= 11 is 1.71. The summed E-state index contributed by atoms with van der Waals surface area (Å²) < 4.78 is 20.9. The number of likely N-dealkylation sites (tertiary alicyclic amines) is 1. The van der Waals surface area contributed by atoms with Gasteiger partial charge in [0.1, 0.15) is 17.4 Å². The van der Waals surface area contributed by atoms with Crippen molar-refractivity contribution in [2.24, 2.45) is 0 Å². The summed E-state index contributed by atoms with van der Waals surface area (Å²) in [6.07, 6.45) is 3.41. The molecule has 0 N–H and O–H groups in total. The quantitative estimate of drug-likeness (QED) is 0.350. The third-order valence-electron chi connectivity index (χ3n) is 5.14. The van der Waals surface area contributed by atoms with Crippen LogP contribution in [0.25, 0.3) is 0 Å². The molecule has 0 aliphatic carbocycles. The smallest absolute Gasteiger partial charge is 0.191 e. The Labute approximate surface area is 181 Å². The molecule has 0 saturated carbocycles. The van der Waals surface area contributed by atoms with Crippen LogP contribution in [-0.2, 0) is 13.1 Å². The summed E-state index contributed by atoms with van der Waals surface area (Å²) in [6.45, 7) is 4.51. The van der Waals surface area contributed by atoms with E-state index in [4.69, 9.17) is 4.74 Å². The van der Waals surface area contributed by atoms with Crippen molar-refractivity contribution in [1.82, 2.24) is 19.7 Å². The lowest BCUT2D eigenvalue weighted by molar-refractivity contribution is 0.315. The fourth-order valence-corrected chi connectivity index (χ4v) is 4.42. The number of nitrogens with zero attached hydrogens (tertiary/aromatic N) is 4.